The molecule has 0 aliphatic heterocycles. The summed E-state index contributed by atoms with van der Waals surface area (Å²) in [5.74, 6) is -0.491. The van der Waals surface area contributed by atoms with Crippen LogP contribution in [0.3, 0.4) is 0 Å². The lowest BCUT2D eigenvalue weighted by atomic mass is 10.1. The molecule has 6 heteroatoms. The largest absolute Gasteiger partial charge is 0.508 e. The van der Waals surface area contributed by atoms with Crippen molar-refractivity contribution in [3.05, 3.63) is 36.6 Å². The summed E-state index contributed by atoms with van der Waals surface area (Å²) in [6.45, 7) is 8.66. The van der Waals surface area contributed by atoms with Crippen molar-refractivity contribution in [1.82, 2.24) is 5.32 Å². The number of hydrogen-bond donors (Lipinski definition) is 2. The zero-order chi connectivity index (χ0) is 17.2. The van der Waals surface area contributed by atoms with Crippen molar-refractivity contribution in [2.24, 2.45) is 0 Å². The SMILES string of the molecule is C=C/C=C(O)\C=C/CC[C@H](NC(=O)OC(C)(C)C)C(=O)OC. The number of ether oxygens (including phenoxy) is 2. The van der Waals surface area contributed by atoms with Crippen molar-refractivity contribution >= 4 is 12.1 Å². The summed E-state index contributed by atoms with van der Waals surface area (Å²) in [6.07, 6.45) is 6.18. The first-order chi connectivity index (χ1) is 10.2. The highest BCUT2D eigenvalue weighted by atomic mass is 16.6. The monoisotopic (exact) mass is 311 g/mol. The van der Waals surface area contributed by atoms with Gasteiger partial charge in [0.2, 0.25) is 0 Å². The molecule has 0 aliphatic rings. The highest BCUT2D eigenvalue weighted by Crippen LogP contribution is 2.08. The van der Waals surface area contributed by atoms with E-state index in [2.05, 4.69) is 16.6 Å². The van der Waals surface area contributed by atoms with E-state index in [1.54, 1.807) is 26.8 Å². The van der Waals surface area contributed by atoms with E-state index in [0.717, 1.165) is 0 Å². The first kappa shape index (κ1) is 19.8. The fourth-order valence-electron chi connectivity index (χ4n) is 1.48. The number of methoxy groups -OCH3 is 1. The molecular formula is C16H25NO5. The van der Waals surface area contributed by atoms with Crippen LogP contribution in [0.25, 0.3) is 0 Å². The van der Waals surface area contributed by atoms with Gasteiger partial charge in [-0.1, -0.05) is 18.7 Å². The number of hydrogen-bond acceptors (Lipinski definition) is 5. The topological polar surface area (TPSA) is 84.9 Å². The van der Waals surface area contributed by atoms with E-state index in [0.29, 0.717) is 12.8 Å². The maximum absolute atomic E-state index is 11.7. The number of allylic oxidation sites excluding steroid dienone is 4. The molecule has 124 valence electrons. The molecule has 0 rings (SSSR count). The maximum atomic E-state index is 11.7. The molecule has 0 aromatic heterocycles. The fraction of sp³-hybridized carbons (Fsp3) is 0.500. The van der Waals surface area contributed by atoms with Crippen LogP contribution in [-0.4, -0.2) is 35.9 Å². The Labute approximate surface area is 131 Å². The summed E-state index contributed by atoms with van der Waals surface area (Å²) in [5.41, 5.74) is -0.647. The number of alkyl carbamates (subject to hydrolysis) is 1. The van der Waals surface area contributed by atoms with Gasteiger partial charge in [-0.25, -0.2) is 9.59 Å². The van der Waals surface area contributed by atoms with Crippen molar-refractivity contribution in [3.8, 4) is 0 Å². The van der Waals surface area contributed by atoms with Gasteiger partial charge in [-0.3, -0.25) is 0 Å². The van der Waals surface area contributed by atoms with Gasteiger partial charge in [-0.05, 0) is 45.8 Å². The highest BCUT2D eigenvalue weighted by molar-refractivity contribution is 5.81. The predicted molar refractivity (Wildman–Crippen MR) is 84.5 cm³/mol. The molecule has 0 heterocycles. The van der Waals surface area contributed by atoms with Crippen LogP contribution >= 0.6 is 0 Å². The summed E-state index contributed by atoms with van der Waals surface area (Å²) < 4.78 is 9.76. The molecule has 0 radical (unpaired) electrons. The summed E-state index contributed by atoms with van der Waals surface area (Å²) in [7, 11) is 1.25. The van der Waals surface area contributed by atoms with E-state index >= 15 is 0 Å². The molecule has 0 aromatic carbocycles. The molecule has 6 nitrogen and oxygen atoms in total. The quantitative estimate of drug-likeness (QED) is 0.429. The van der Waals surface area contributed by atoms with Crippen LogP contribution in [0.5, 0.6) is 0 Å². The van der Waals surface area contributed by atoms with Gasteiger partial charge in [0.05, 0.1) is 7.11 Å². The van der Waals surface area contributed by atoms with Crippen LogP contribution in [0.2, 0.25) is 0 Å². The smallest absolute Gasteiger partial charge is 0.408 e. The Kier molecular flexibility index (Phi) is 8.67. The number of aliphatic hydroxyl groups excluding tert-OH is 1. The number of aliphatic hydroxyl groups is 1. The maximum Gasteiger partial charge on any atom is 0.408 e. The Morgan fingerprint density at radius 2 is 2.00 bits per heavy atom. The Hall–Kier alpha value is -2.24. The highest BCUT2D eigenvalue weighted by Gasteiger charge is 2.24. The summed E-state index contributed by atoms with van der Waals surface area (Å²) in [5, 5.41) is 11.8. The number of carbonyl (C=O) groups excluding carboxylic acids is 2. The zero-order valence-electron chi connectivity index (χ0n) is 13.6. The van der Waals surface area contributed by atoms with Crippen LogP contribution in [0.4, 0.5) is 4.79 Å². The third kappa shape index (κ3) is 9.63. The molecule has 0 bridgehead atoms. The van der Waals surface area contributed by atoms with Crippen molar-refractivity contribution in [2.75, 3.05) is 7.11 Å². The predicted octanol–water partition coefficient (Wildman–Crippen LogP) is 3.02. The Morgan fingerprint density at radius 1 is 1.36 bits per heavy atom. The van der Waals surface area contributed by atoms with Gasteiger partial charge in [0.1, 0.15) is 17.4 Å². The minimum atomic E-state index is -0.810. The average Bonchev–Trinajstić information content (AvgIpc) is 2.39. The number of esters is 1. The van der Waals surface area contributed by atoms with Gasteiger partial charge in [0.15, 0.2) is 0 Å². The molecule has 0 aliphatic carbocycles. The molecule has 1 amide bonds. The second-order valence-electron chi connectivity index (χ2n) is 5.53. The molecule has 0 aromatic rings. The lowest BCUT2D eigenvalue weighted by Gasteiger charge is -2.22. The van der Waals surface area contributed by atoms with E-state index in [1.165, 1.54) is 25.3 Å². The molecule has 0 saturated carbocycles. The second-order valence-corrected chi connectivity index (χ2v) is 5.53. The molecule has 0 spiro atoms. The van der Waals surface area contributed by atoms with Gasteiger partial charge < -0.3 is 19.9 Å². The van der Waals surface area contributed by atoms with E-state index < -0.39 is 23.7 Å². The van der Waals surface area contributed by atoms with Crippen LogP contribution in [0, 0.1) is 0 Å². The summed E-state index contributed by atoms with van der Waals surface area (Å²) in [4.78, 5) is 23.3. The summed E-state index contributed by atoms with van der Waals surface area (Å²) in [6, 6.07) is -0.810. The molecule has 2 N–H and O–H groups in total. The van der Waals surface area contributed by atoms with Crippen molar-refractivity contribution < 1.29 is 24.2 Å². The Morgan fingerprint density at radius 3 is 2.50 bits per heavy atom. The van der Waals surface area contributed by atoms with Crippen LogP contribution < -0.4 is 5.32 Å². The number of amides is 1. The van der Waals surface area contributed by atoms with Gasteiger partial charge in [-0.15, -0.1) is 0 Å². The van der Waals surface area contributed by atoms with Crippen LogP contribution in [0.15, 0.2) is 36.6 Å². The third-order valence-electron chi connectivity index (χ3n) is 2.38. The van der Waals surface area contributed by atoms with Crippen molar-refractivity contribution in [2.45, 2.75) is 45.3 Å². The molecule has 0 unspecified atom stereocenters. The van der Waals surface area contributed by atoms with E-state index in [9.17, 15) is 14.7 Å². The number of rotatable bonds is 7. The lowest BCUT2D eigenvalue weighted by molar-refractivity contribution is -0.143. The van der Waals surface area contributed by atoms with E-state index in [4.69, 9.17) is 4.74 Å². The van der Waals surface area contributed by atoms with Gasteiger partial charge in [0.25, 0.3) is 0 Å². The molecule has 1 atom stereocenters. The Bertz CT molecular complexity index is 446. The van der Waals surface area contributed by atoms with Gasteiger partial charge in [-0.2, -0.15) is 0 Å². The minimum absolute atomic E-state index is 0.0599. The third-order valence-corrected chi connectivity index (χ3v) is 2.38. The second kappa shape index (κ2) is 9.65. The van der Waals surface area contributed by atoms with Gasteiger partial charge >= 0.3 is 12.1 Å². The molecule has 0 saturated heterocycles. The minimum Gasteiger partial charge on any atom is -0.508 e. The Balaban J connectivity index is 4.54. The summed E-state index contributed by atoms with van der Waals surface area (Å²) >= 11 is 0. The first-order valence-corrected chi connectivity index (χ1v) is 6.95. The van der Waals surface area contributed by atoms with Crippen molar-refractivity contribution in [1.29, 1.82) is 0 Å². The van der Waals surface area contributed by atoms with Gasteiger partial charge in [0, 0.05) is 0 Å². The lowest BCUT2D eigenvalue weighted by Crippen LogP contribution is -2.43. The molecule has 22 heavy (non-hydrogen) atoms. The zero-order valence-corrected chi connectivity index (χ0v) is 13.6. The standard InChI is InChI=1S/C16H25NO5/c1-6-9-12(18)10-7-8-11-13(14(19)21-5)17-15(20)22-16(2,3)4/h6-7,9-10,13,18H,1,8,11H2,2-5H3,(H,17,20)/b10-7-,12-9+/t13-/m0/s1. The first-order valence-electron chi connectivity index (χ1n) is 6.95. The van der Waals surface area contributed by atoms with Crippen molar-refractivity contribution in [3.63, 3.8) is 0 Å². The van der Waals surface area contributed by atoms with E-state index in [-0.39, 0.29) is 5.76 Å². The van der Waals surface area contributed by atoms with Crippen LogP contribution in [0.1, 0.15) is 33.6 Å². The molecular weight excluding hydrogens is 286 g/mol. The number of nitrogens with one attached hydrogen (secondary N) is 1. The normalized spacial score (nSPS) is 13.5. The molecule has 0 fully saturated rings. The number of carbonyl (C=O) groups is 2. The fourth-order valence-corrected chi connectivity index (χ4v) is 1.48. The average molecular weight is 311 g/mol. The van der Waals surface area contributed by atoms with E-state index in [1.807, 2.05) is 0 Å². The van der Waals surface area contributed by atoms with Crippen LogP contribution in [-0.2, 0) is 14.3 Å².